The monoisotopic (exact) mass is 272 g/mol. The summed E-state index contributed by atoms with van der Waals surface area (Å²) in [6.45, 7) is 6.24. The molecule has 6 nitrogen and oxygen atoms in total. The van der Waals surface area contributed by atoms with E-state index >= 15 is 0 Å². The minimum atomic E-state index is -0.842. The van der Waals surface area contributed by atoms with E-state index in [4.69, 9.17) is 20.0 Å². The minimum Gasteiger partial charge on any atom is -0.458 e. The third kappa shape index (κ3) is 5.99. The van der Waals surface area contributed by atoms with Crippen LogP contribution in [0.1, 0.15) is 0 Å². The molecule has 20 heavy (non-hydrogen) atoms. The van der Waals surface area contributed by atoms with Gasteiger partial charge in [0.1, 0.15) is 36.5 Å². The summed E-state index contributed by atoms with van der Waals surface area (Å²) in [6.07, 6.45) is 4.96. The number of carbonyl (C=O) groups is 2. The molecule has 0 saturated heterocycles. The molecule has 0 amide bonds. The fourth-order valence-corrected chi connectivity index (χ4v) is 0.962. The molecule has 0 heterocycles. The maximum absolute atomic E-state index is 11.3. The second-order valence-corrected chi connectivity index (χ2v) is 3.13. The van der Waals surface area contributed by atoms with Crippen LogP contribution in [0.4, 0.5) is 0 Å². The van der Waals surface area contributed by atoms with Gasteiger partial charge >= 0.3 is 11.9 Å². The largest absolute Gasteiger partial charge is 0.458 e. The average Bonchev–Trinajstić information content (AvgIpc) is 2.46. The molecular formula is C14H12N2O4. The Labute approximate surface area is 116 Å². The Morgan fingerprint density at radius 2 is 1.25 bits per heavy atom. The van der Waals surface area contributed by atoms with Crippen LogP contribution in [0.5, 0.6) is 0 Å². The number of nitrogens with zero attached hydrogens (tertiary/aromatic N) is 2. The van der Waals surface area contributed by atoms with Crippen LogP contribution in [0.2, 0.25) is 0 Å². The van der Waals surface area contributed by atoms with Crippen molar-refractivity contribution < 1.29 is 19.1 Å². The van der Waals surface area contributed by atoms with Gasteiger partial charge in [-0.25, -0.2) is 9.59 Å². The van der Waals surface area contributed by atoms with E-state index in [1.165, 1.54) is 24.3 Å². The topological polar surface area (TPSA) is 100 Å². The predicted molar refractivity (Wildman–Crippen MR) is 69.7 cm³/mol. The molecule has 0 aromatic heterocycles. The van der Waals surface area contributed by atoms with Crippen molar-refractivity contribution in [3.63, 3.8) is 0 Å². The second-order valence-electron chi connectivity index (χ2n) is 3.13. The van der Waals surface area contributed by atoms with E-state index in [1.54, 1.807) is 12.1 Å². The van der Waals surface area contributed by atoms with Gasteiger partial charge < -0.3 is 9.47 Å². The Morgan fingerprint density at radius 3 is 1.50 bits per heavy atom. The van der Waals surface area contributed by atoms with Crippen molar-refractivity contribution in [3.8, 4) is 12.1 Å². The molecule has 0 fully saturated rings. The predicted octanol–water partition coefficient (Wildman–Crippen LogP) is 1.34. The second kappa shape index (κ2) is 9.86. The van der Waals surface area contributed by atoms with Crippen LogP contribution in [-0.2, 0) is 19.1 Å². The molecule has 0 aromatic carbocycles. The quantitative estimate of drug-likeness (QED) is 0.228. The van der Waals surface area contributed by atoms with Crippen molar-refractivity contribution in [1.29, 1.82) is 10.5 Å². The van der Waals surface area contributed by atoms with Gasteiger partial charge in [-0.1, -0.05) is 25.3 Å². The molecule has 0 aromatic rings. The van der Waals surface area contributed by atoms with E-state index in [0.29, 0.717) is 0 Å². The molecule has 0 aliphatic rings. The fourth-order valence-electron chi connectivity index (χ4n) is 0.962. The van der Waals surface area contributed by atoms with Gasteiger partial charge in [0.05, 0.1) is 0 Å². The summed E-state index contributed by atoms with van der Waals surface area (Å²) >= 11 is 0. The van der Waals surface area contributed by atoms with E-state index in [2.05, 4.69) is 13.2 Å². The van der Waals surface area contributed by atoms with Crippen LogP contribution >= 0.6 is 0 Å². The van der Waals surface area contributed by atoms with Gasteiger partial charge in [-0.05, 0) is 12.2 Å². The summed E-state index contributed by atoms with van der Waals surface area (Å²) in [7, 11) is 0. The van der Waals surface area contributed by atoms with Gasteiger partial charge in [-0.15, -0.1) is 0 Å². The van der Waals surface area contributed by atoms with Crippen molar-refractivity contribution in [2.45, 2.75) is 0 Å². The molecule has 6 heteroatoms. The number of nitriles is 2. The molecule has 102 valence electrons. The minimum absolute atomic E-state index is 0.212. The van der Waals surface area contributed by atoms with Gasteiger partial charge in [0.25, 0.3) is 0 Å². The highest BCUT2D eigenvalue weighted by molar-refractivity contribution is 5.93. The lowest BCUT2D eigenvalue weighted by atomic mass is 10.3. The summed E-state index contributed by atoms with van der Waals surface area (Å²) in [5.74, 6) is -1.68. The molecule has 0 aliphatic carbocycles. The lowest BCUT2D eigenvalue weighted by molar-refractivity contribution is -0.146. The number of carbonyl (C=O) groups excluding carboxylic acids is 2. The van der Waals surface area contributed by atoms with Crippen molar-refractivity contribution in [3.05, 3.63) is 48.6 Å². The molecule has 0 N–H and O–H groups in total. The first-order chi connectivity index (χ1) is 9.60. The zero-order chi connectivity index (χ0) is 15.4. The molecule has 0 rings (SSSR count). The summed E-state index contributed by atoms with van der Waals surface area (Å²) < 4.78 is 9.39. The van der Waals surface area contributed by atoms with E-state index in [1.807, 2.05) is 0 Å². The summed E-state index contributed by atoms with van der Waals surface area (Å²) in [5.41, 5.74) is -0.425. The molecule has 0 aliphatic heterocycles. The third-order valence-corrected chi connectivity index (χ3v) is 1.80. The maximum Gasteiger partial charge on any atom is 0.349 e. The maximum atomic E-state index is 11.3. The van der Waals surface area contributed by atoms with Gasteiger partial charge in [0.15, 0.2) is 0 Å². The fraction of sp³-hybridized carbons (Fsp3) is 0.143. The van der Waals surface area contributed by atoms with Crippen molar-refractivity contribution in [1.82, 2.24) is 0 Å². The normalized spacial score (nSPS) is 10.7. The number of esters is 2. The highest BCUT2D eigenvalue weighted by Crippen LogP contribution is 1.99. The average molecular weight is 272 g/mol. The Hall–Kier alpha value is -3.12. The first kappa shape index (κ1) is 16.9. The van der Waals surface area contributed by atoms with E-state index < -0.39 is 11.9 Å². The summed E-state index contributed by atoms with van der Waals surface area (Å²) in [5, 5.41) is 17.3. The lowest BCUT2D eigenvalue weighted by Crippen LogP contribution is -2.15. The molecule has 0 saturated carbocycles. The van der Waals surface area contributed by atoms with Gasteiger partial charge in [-0.2, -0.15) is 10.5 Å². The standard InChI is InChI=1S/C14H12N2O4/c1-3-5-11(9-15)13(17)19-7-8-20-14(18)12(10-16)6-4-2/h3-6H,1-2,7-8H2/b11-5+,12-6+. The van der Waals surface area contributed by atoms with Crippen LogP contribution in [0.15, 0.2) is 48.6 Å². The third-order valence-electron chi connectivity index (χ3n) is 1.80. The number of hydrogen-bond donors (Lipinski definition) is 0. The molecule has 0 spiro atoms. The van der Waals surface area contributed by atoms with Crippen LogP contribution in [0.25, 0.3) is 0 Å². The first-order valence-electron chi connectivity index (χ1n) is 5.40. The molecule has 0 atom stereocenters. The highest BCUT2D eigenvalue weighted by atomic mass is 16.6. The smallest absolute Gasteiger partial charge is 0.349 e. The van der Waals surface area contributed by atoms with Crippen LogP contribution < -0.4 is 0 Å². The molecule has 0 bridgehead atoms. The zero-order valence-electron chi connectivity index (χ0n) is 10.7. The Bertz CT molecular complexity index is 495. The molecule has 0 radical (unpaired) electrons. The van der Waals surface area contributed by atoms with Crippen molar-refractivity contribution in [2.75, 3.05) is 13.2 Å². The number of hydrogen-bond acceptors (Lipinski definition) is 6. The van der Waals surface area contributed by atoms with E-state index in [-0.39, 0.29) is 24.4 Å². The SMILES string of the molecule is C=C/C=C(\C#N)C(=O)OCCOC(=O)/C(C#N)=C/C=C. The molecule has 0 unspecified atom stereocenters. The zero-order valence-corrected chi connectivity index (χ0v) is 10.7. The van der Waals surface area contributed by atoms with Crippen LogP contribution in [0.3, 0.4) is 0 Å². The summed E-state index contributed by atoms with van der Waals surface area (Å²) in [6, 6.07) is 3.28. The van der Waals surface area contributed by atoms with Gasteiger partial charge in [0.2, 0.25) is 0 Å². The highest BCUT2D eigenvalue weighted by Gasteiger charge is 2.12. The van der Waals surface area contributed by atoms with Crippen molar-refractivity contribution in [2.24, 2.45) is 0 Å². The van der Waals surface area contributed by atoms with Gasteiger partial charge in [0, 0.05) is 0 Å². The Balaban J connectivity index is 4.23. The van der Waals surface area contributed by atoms with Crippen LogP contribution in [0, 0.1) is 22.7 Å². The van der Waals surface area contributed by atoms with Crippen molar-refractivity contribution >= 4 is 11.9 Å². The Kier molecular flexibility index (Phi) is 8.33. The van der Waals surface area contributed by atoms with E-state index in [9.17, 15) is 9.59 Å². The van der Waals surface area contributed by atoms with E-state index in [0.717, 1.165) is 0 Å². The first-order valence-corrected chi connectivity index (χ1v) is 5.40. The lowest BCUT2D eigenvalue weighted by Gasteiger charge is -2.04. The van der Waals surface area contributed by atoms with Crippen LogP contribution in [-0.4, -0.2) is 25.2 Å². The molecular weight excluding hydrogens is 260 g/mol. The summed E-state index contributed by atoms with van der Waals surface area (Å²) in [4.78, 5) is 22.6. The number of rotatable bonds is 7. The Morgan fingerprint density at radius 1 is 0.900 bits per heavy atom. The number of allylic oxidation sites excluding steroid dienone is 4. The number of ether oxygens (including phenoxy) is 2. The van der Waals surface area contributed by atoms with Gasteiger partial charge in [-0.3, -0.25) is 0 Å².